The lowest BCUT2D eigenvalue weighted by atomic mass is 10.0. The molecule has 1 heterocycles. The molecule has 0 unspecified atom stereocenters. The van der Waals surface area contributed by atoms with E-state index in [1.165, 1.54) is 11.3 Å². The van der Waals surface area contributed by atoms with E-state index in [-0.39, 0.29) is 5.91 Å². The minimum Gasteiger partial charge on any atom is -0.496 e. The first-order valence-electron chi connectivity index (χ1n) is 6.14. The van der Waals surface area contributed by atoms with Crippen LogP contribution in [0.3, 0.4) is 0 Å². The predicted molar refractivity (Wildman–Crippen MR) is 71.2 cm³/mol. The van der Waals surface area contributed by atoms with Crippen LogP contribution in [0.4, 0.5) is 0 Å². The van der Waals surface area contributed by atoms with Crippen LogP contribution in [0.2, 0.25) is 0 Å². The van der Waals surface area contributed by atoms with Gasteiger partial charge in [-0.25, -0.2) is 0 Å². The maximum absolute atomic E-state index is 12.2. The summed E-state index contributed by atoms with van der Waals surface area (Å²) in [5.41, 5.74) is -0.689. The average Bonchev–Trinajstić information content (AvgIpc) is 2.96. The van der Waals surface area contributed by atoms with Gasteiger partial charge in [-0.2, -0.15) is 0 Å². The van der Waals surface area contributed by atoms with E-state index in [1.807, 2.05) is 5.38 Å². The van der Waals surface area contributed by atoms with E-state index in [2.05, 4.69) is 0 Å². The SMILES string of the molecule is COc1csc(C(=O)N(C)CC2(O)CCCC2)c1. The first-order chi connectivity index (χ1) is 8.54. The van der Waals surface area contributed by atoms with Crippen molar-refractivity contribution in [1.82, 2.24) is 4.90 Å². The summed E-state index contributed by atoms with van der Waals surface area (Å²) in [4.78, 5) is 14.4. The minimum absolute atomic E-state index is 0.0522. The predicted octanol–water partition coefficient (Wildman–Crippen LogP) is 2.13. The molecule has 1 amide bonds. The molecule has 0 spiro atoms. The van der Waals surface area contributed by atoms with Gasteiger partial charge in [0.25, 0.3) is 5.91 Å². The summed E-state index contributed by atoms with van der Waals surface area (Å²) in [5, 5.41) is 12.1. The van der Waals surface area contributed by atoms with Crippen LogP contribution in [0.5, 0.6) is 5.75 Å². The smallest absolute Gasteiger partial charge is 0.263 e. The highest BCUT2D eigenvalue weighted by Gasteiger charge is 2.33. The number of likely N-dealkylation sites (N-methyl/N-ethyl adjacent to an activating group) is 1. The van der Waals surface area contributed by atoms with Crippen molar-refractivity contribution in [3.8, 4) is 5.75 Å². The largest absolute Gasteiger partial charge is 0.496 e. The summed E-state index contributed by atoms with van der Waals surface area (Å²) in [6, 6.07) is 1.74. The Balaban J connectivity index is 2.00. The molecule has 1 aromatic rings. The van der Waals surface area contributed by atoms with Crippen LogP contribution in [0.25, 0.3) is 0 Å². The van der Waals surface area contributed by atoms with Gasteiger partial charge in [-0.1, -0.05) is 12.8 Å². The molecule has 100 valence electrons. The second kappa shape index (κ2) is 5.28. The van der Waals surface area contributed by atoms with Crippen LogP contribution in [-0.4, -0.2) is 42.2 Å². The van der Waals surface area contributed by atoms with E-state index in [1.54, 1.807) is 25.1 Å². The third-order valence-electron chi connectivity index (χ3n) is 3.43. The molecule has 0 saturated heterocycles. The fourth-order valence-electron chi connectivity index (χ4n) is 2.43. The van der Waals surface area contributed by atoms with Crippen molar-refractivity contribution >= 4 is 17.2 Å². The number of aliphatic hydroxyl groups is 1. The zero-order valence-corrected chi connectivity index (χ0v) is 11.6. The molecule has 0 aliphatic heterocycles. The number of carbonyl (C=O) groups excluding carboxylic acids is 1. The van der Waals surface area contributed by atoms with Gasteiger partial charge in [-0.15, -0.1) is 11.3 Å². The van der Waals surface area contributed by atoms with E-state index in [0.29, 0.717) is 17.2 Å². The standard InChI is InChI=1S/C13H19NO3S/c1-14(9-13(16)5-3-4-6-13)12(15)11-7-10(17-2)8-18-11/h7-8,16H,3-6,9H2,1-2H3. The quantitative estimate of drug-likeness (QED) is 0.911. The Morgan fingerprint density at radius 1 is 1.56 bits per heavy atom. The Morgan fingerprint density at radius 2 is 2.22 bits per heavy atom. The Labute approximate surface area is 111 Å². The number of methoxy groups -OCH3 is 1. The summed E-state index contributed by atoms with van der Waals surface area (Å²) >= 11 is 1.37. The summed E-state index contributed by atoms with van der Waals surface area (Å²) in [6.07, 6.45) is 3.67. The molecule has 2 rings (SSSR count). The molecule has 1 aliphatic rings. The Kier molecular flexibility index (Phi) is 3.92. The normalized spacial score (nSPS) is 17.7. The number of nitrogens with zero attached hydrogens (tertiary/aromatic N) is 1. The molecule has 1 saturated carbocycles. The number of rotatable bonds is 4. The van der Waals surface area contributed by atoms with Gasteiger partial charge < -0.3 is 14.7 Å². The van der Waals surface area contributed by atoms with E-state index in [4.69, 9.17) is 4.74 Å². The Bertz CT molecular complexity index is 424. The number of amides is 1. The number of carbonyl (C=O) groups is 1. The van der Waals surface area contributed by atoms with Crippen molar-refractivity contribution in [3.05, 3.63) is 16.3 Å². The Morgan fingerprint density at radius 3 is 2.78 bits per heavy atom. The summed E-state index contributed by atoms with van der Waals surface area (Å²) < 4.78 is 5.07. The van der Waals surface area contributed by atoms with Crippen molar-refractivity contribution in [3.63, 3.8) is 0 Å². The van der Waals surface area contributed by atoms with Crippen molar-refractivity contribution in [2.75, 3.05) is 20.7 Å². The number of hydrogen-bond donors (Lipinski definition) is 1. The number of ether oxygens (including phenoxy) is 1. The first-order valence-corrected chi connectivity index (χ1v) is 7.02. The molecule has 0 atom stereocenters. The summed E-state index contributed by atoms with van der Waals surface area (Å²) in [7, 11) is 3.33. The second-order valence-electron chi connectivity index (χ2n) is 4.94. The number of thiophene rings is 1. The fourth-order valence-corrected chi connectivity index (χ4v) is 3.28. The maximum Gasteiger partial charge on any atom is 0.263 e. The zero-order valence-electron chi connectivity index (χ0n) is 10.8. The molecule has 0 bridgehead atoms. The van der Waals surface area contributed by atoms with Crippen molar-refractivity contribution in [2.45, 2.75) is 31.3 Å². The van der Waals surface area contributed by atoms with Gasteiger partial charge >= 0.3 is 0 Å². The monoisotopic (exact) mass is 269 g/mol. The third kappa shape index (κ3) is 2.84. The van der Waals surface area contributed by atoms with Gasteiger partial charge in [0.1, 0.15) is 5.75 Å². The van der Waals surface area contributed by atoms with Crippen LogP contribution in [0, 0.1) is 0 Å². The van der Waals surface area contributed by atoms with Crippen LogP contribution in [-0.2, 0) is 0 Å². The van der Waals surface area contributed by atoms with Crippen molar-refractivity contribution < 1.29 is 14.6 Å². The highest BCUT2D eigenvalue weighted by atomic mass is 32.1. The molecule has 0 aromatic carbocycles. The van der Waals surface area contributed by atoms with Crippen LogP contribution >= 0.6 is 11.3 Å². The molecular weight excluding hydrogens is 250 g/mol. The maximum atomic E-state index is 12.2. The van der Waals surface area contributed by atoms with Gasteiger partial charge in [0, 0.05) is 25.0 Å². The average molecular weight is 269 g/mol. The van der Waals surface area contributed by atoms with E-state index in [9.17, 15) is 9.90 Å². The molecule has 1 aromatic heterocycles. The highest BCUT2D eigenvalue weighted by Crippen LogP contribution is 2.30. The molecule has 1 N–H and O–H groups in total. The van der Waals surface area contributed by atoms with E-state index >= 15 is 0 Å². The fraction of sp³-hybridized carbons (Fsp3) is 0.615. The van der Waals surface area contributed by atoms with Crippen LogP contribution in [0.15, 0.2) is 11.4 Å². The minimum atomic E-state index is -0.689. The third-order valence-corrected chi connectivity index (χ3v) is 4.33. The molecule has 1 aliphatic carbocycles. The number of hydrogen-bond acceptors (Lipinski definition) is 4. The van der Waals surface area contributed by atoms with Crippen LogP contribution < -0.4 is 4.74 Å². The summed E-state index contributed by atoms with van der Waals surface area (Å²) in [6.45, 7) is 0.409. The zero-order chi connectivity index (χ0) is 13.2. The molecular formula is C13H19NO3S. The van der Waals surface area contributed by atoms with Gasteiger partial charge in [-0.3, -0.25) is 4.79 Å². The van der Waals surface area contributed by atoms with Crippen LogP contribution in [0.1, 0.15) is 35.4 Å². The highest BCUT2D eigenvalue weighted by molar-refractivity contribution is 7.12. The van der Waals surface area contributed by atoms with Crippen molar-refractivity contribution in [2.24, 2.45) is 0 Å². The summed E-state index contributed by atoms with van der Waals surface area (Å²) in [5.74, 6) is 0.653. The lowest BCUT2D eigenvalue weighted by Crippen LogP contribution is -2.41. The topological polar surface area (TPSA) is 49.8 Å². The van der Waals surface area contributed by atoms with Gasteiger partial charge in [-0.05, 0) is 12.8 Å². The van der Waals surface area contributed by atoms with E-state index < -0.39 is 5.60 Å². The van der Waals surface area contributed by atoms with Crippen molar-refractivity contribution in [1.29, 1.82) is 0 Å². The molecule has 4 nitrogen and oxygen atoms in total. The van der Waals surface area contributed by atoms with Gasteiger partial charge in [0.2, 0.25) is 0 Å². The van der Waals surface area contributed by atoms with Gasteiger partial charge in [0.05, 0.1) is 17.6 Å². The Hall–Kier alpha value is -1.07. The van der Waals surface area contributed by atoms with Gasteiger partial charge in [0.15, 0.2) is 0 Å². The molecule has 1 fully saturated rings. The lowest BCUT2D eigenvalue weighted by molar-refractivity contribution is 0.0158. The first kappa shape index (κ1) is 13.4. The molecule has 5 heteroatoms. The van der Waals surface area contributed by atoms with E-state index in [0.717, 1.165) is 25.7 Å². The molecule has 18 heavy (non-hydrogen) atoms. The second-order valence-corrected chi connectivity index (χ2v) is 5.85. The lowest BCUT2D eigenvalue weighted by Gasteiger charge is -2.28. The molecule has 0 radical (unpaired) electrons.